The standard InChI is InChI=1S/C11H18N4O2S/c1-14(18(2,16)17)10-4-8-15(9-5-10)11-12-6-3-7-13-11/h3,6-7,10H,4-5,8-9H2,1-2H3. The molecule has 2 rings (SSSR count). The Kier molecular flexibility index (Phi) is 3.82. The van der Waals surface area contributed by atoms with Crippen LogP contribution in [0.1, 0.15) is 12.8 Å². The third-order valence-electron chi connectivity index (χ3n) is 3.34. The van der Waals surface area contributed by atoms with Crippen molar-refractivity contribution in [2.24, 2.45) is 0 Å². The van der Waals surface area contributed by atoms with Crippen molar-refractivity contribution < 1.29 is 8.42 Å². The average molecular weight is 270 g/mol. The number of hydrogen-bond acceptors (Lipinski definition) is 5. The van der Waals surface area contributed by atoms with E-state index in [1.165, 1.54) is 10.6 Å². The molecular formula is C11H18N4O2S. The Labute approximate surface area is 108 Å². The zero-order chi connectivity index (χ0) is 13.2. The molecule has 0 radical (unpaired) electrons. The van der Waals surface area contributed by atoms with E-state index in [0.29, 0.717) is 0 Å². The fourth-order valence-electron chi connectivity index (χ4n) is 2.15. The van der Waals surface area contributed by atoms with Crippen LogP contribution in [0.15, 0.2) is 18.5 Å². The predicted octanol–water partition coefficient (Wildman–Crippen LogP) is 0.337. The highest BCUT2D eigenvalue weighted by Gasteiger charge is 2.27. The van der Waals surface area contributed by atoms with E-state index in [-0.39, 0.29) is 6.04 Å². The lowest BCUT2D eigenvalue weighted by atomic mass is 10.1. The molecule has 0 amide bonds. The van der Waals surface area contributed by atoms with Gasteiger partial charge in [0.25, 0.3) is 0 Å². The smallest absolute Gasteiger partial charge is 0.225 e. The van der Waals surface area contributed by atoms with E-state index in [2.05, 4.69) is 14.9 Å². The molecule has 0 bridgehead atoms. The Morgan fingerprint density at radius 3 is 2.33 bits per heavy atom. The molecule has 1 saturated heterocycles. The van der Waals surface area contributed by atoms with Gasteiger partial charge in [-0.3, -0.25) is 0 Å². The predicted molar refractivity (Wildman–Crippen MR) is 69.9 cm³/mol. The van der Waals surface area contributed by atoms with Gasteiger partial charge in [-0.05, 0) is 18.9 Å². The second-order valence-corrected chi connectivity index (χ2v) is 6.59. The molecule has 100 valence electrons. The van der Waals surface area contributed by atoms with Crippen LogP contribution in [0.25, 0.3) is 0 Å². The maximum Gasteiger partial charge on any atom is 0.225 e. The average Bonchev–Trinajstić information content (AvgIpc) is 2.38. The summed E-state index contributed by atoms with van der Waals surface area (Å²) in [6.07, 6.45) is 6.30. The summed E-state index contributed by atoms with van der Waals surface area (Å²) in [7, 11) is -1.45. The molecule has 1 aromatic rings. The Bertz CT molecular complexity index is 483. The molecule has 1 fully saturated rings. The minimum atomic E-state index is -3.10. The molecule has 2 heterocycles. The van der Waals surface area contributed by atoms with E-state index >= 15 is 0 Å². The quantitative estimate of drug-likeness (QED) is 0.792. The maximum absolute atomic E-state index is 11.5. The molecule has 0 N–H and O–H groups in total. The van der Waals surface area contributed by atoms with E-state index in [9.17, 15) is 8.42 Å². The van der Waals surface area contributed by atoms with Crippen molar-refractivity contribution in [1.29, 1.82) is 0 Å². The molecule has 0 atom stereocenters. The Hall–Kier alpha value is -1.21. The van der Waals surface area contributed by atoms with Crippen LogP contribution < -0.4 is 4.90 Å². The maximum atomic E-state index is 11.5. The summed E-state index contributed by atoms with van der Waals surface area (Å²) in [5, 5.41) is 0. The van der Waals surface area contributed by atoms with Gasteiger partial charge in [0, 0.05) is 38.6 Å². The highest BCUT2D eigenvalue weighted by atomic mass is 32.2. The van der Waals surface area contributed by atoms with Crippen LogP contribution in [0.2, 0.25) is 0 Å². The number of sulfonamides is 1. The fraction of sp³-hybridized carbons (Fsp3) is 0.636. The van der Waals surface area contributed by atoms with Gasteiger partial charge < -0.3 is 4.90 Å². The van der Waals surface area contributed by atoms with Crippen molar-refractivity contribution in [3.8, 4) is 0 Å². The Morgan fingerprint density at radius 1 is 1.28 bits per heavy atom. The van der Waals surface area contributed by atoms with Crippen LogP contribution in [-0.4, -0.2) is 55.1 Å². The largest absolute Gasteiger partial charge is 0.341 e. The van der Waals surface area contributed by atoms with Gasteiger partial charge in [0.15, 0.2) is 0 Å². The minimum Gasteiger partial charge on any atom is -0.341 e. The van der Waals surface area contributed by atoms with E-state index in [1.807, 2.05) is 0 Å². The van der Waals surface area contributed by atoms with Gasteiger partial charge in [-0.2, -0.15) is 0 Å². The van der Waals surface area contributed by atoms with E-state index in [0.717, 1.165) is 31.9 Å². The monoisotopic (exact) mass is 270 g/mol. The lowest BCUT2D eigenvalue weighted by Gasteiger charge is -2.35. The number of piperidine rings is 1. The second kappa shape index (κ2) is 5.19. The van der Waals surface area contributed by atoms with Gasteiger partial charge in [0.2, 0.25) is 16.0 Å². The first-order valence-electron chi connectivity index (χ1n) is 5.93. The molecule has 6 nitrogen and oxygen atoms in total. The first-order chi connectivity index (χ1) is 8.48. The molecular weight excluding hydrogens is 252 g/mol. The number of rotatable bonds is 3. The highest BCUT2D eigenvalue weighted by molar-refractivity contribution is 7.88. The summed E-state index contributed by atoms with van der Waals surface area (Å²) in [6, 6.07) is 1.87. The minimum absolute atomic E-state index is 0.0833. The number of aromatic nitrogens is 2. The van der Waals surface area contributed by atoms with Crippen LogP contribution in [0.3, 0.4) is 0 Å². The Balaban J connectivity index is 1.97. The topological polar surface area (TPSA) is 66.4 Å². The second-order valence-electron chi connectivity index (χ2n) is 4.55. The lowest BCUT2D eigenvalue weighted by Crippen LogP contribution is -2.45. The summed E-state index contributed by atoms with van der Waals surface area (Å²) < 4.78 is 24.4. The van der Waals surface area contributed by atoms with Crippen molar-refractivity contribution in [1.82, 2.24) is 14.3 Å². The van der Waals surface area contributed by atoms with Gasteiger partial charge in [-0.15, -0.1) is 0 Å². The van der Waals surface area contributed by atoms with Gasteiger partial charge >= 0.3 is 0 Å². The fourth-order valence-corrected chi connectivity index (χ4v) is 2.91. The molecule has 0 aromatic carbocycles. The van der Waals surface area contributed by atoms with Gasteiger partial charge in [0.05, 0.1) is 6.26 Å². The summed E-state index contributed by atoms with van der Waals surface area (Å²) in [5.74, 6) is 0.720. The van der Waals surface area contributed by atoms with Gasteiger partial charge in [0.1, 0.15) is 0 Å². The molecule has 0 aliphatic carbocycles. The third-order valence-corrected chi connectivity index (χ3v) is 4.68. The van der Waals surface area contributed by atoms with Gasteiger partial charge in [-0.1, -0.05) is 0 Å². The van der Waals surface area contributed by atoms with E-state index in [1.54, 1.807) is 25.5 Å². The summed E-state index contributed by atoms with van der Waals surface area (Å²) in [6.45, 7) is 1.57. The first kappa shape index (κ1) is 13.2. The first-order valence-corrected chi connectivity index (χ1v) is 7.78. The molecule has 18 heavy (non-hydrogen) atoms. The van der Waals surface area contributed by atoms with E-state index in [4.69, 9.17) is 0 Å². The zero-order valence-electron chi connectivity index (χ0n) is 10.7. The van der Waals surface area contributed by atoms with Crippen molar-refractivity contribution >= 4 is 16.0 Å². The lowest BCUT2D eigenvalue weighted by molar-refractivity contribution is 0.312. The normalized spacial score (nSPS) is 18.3. The van der Waals surface area contributed by atoms with Crippen LogP contribution in [0.4, 0.5) is 5.95 Å². The van der Waals surface area contributed by atoms with Crippen molar-refractivity contribution in [3.05, 3.63) is 18.5 Å². The highest BCUT2D eigenvalue weighted by Crippen LogP contribution is 2.19. The van der Waals surface area contributed by atoms with Crippen molar-refractivity contribution in [2.45, 2.75) is 18.9 Å². The summed E-state index contributed by atoms with van der Waals surface area (Å²) >= 11 is 0. The molecule has 1 aliphatic rings. The molecule has 7 heteroatoms. The Morgan fingerprint density at radius 2 is 1.83 bits per heavy atom. The summed E-state index contributed by atoms with van der Waals surface area (Å²) in [4.78, 5) is 10.5. The number of anilines is 1. The molecule has 0 saturated carbocycles. The number of hydrogen-bond donors (Lipinski definition) is 0. The third kappa shape index (κ3) is 2.97. The van der Waals surface area contributed by atoms with Crippen LogP contribution in [0.5, 0.6) is 0 Å². The summed E-state index contributed by atoms with van der Waals surface area (Å²) in [5.41, 5.74) is 0. The molecule has 1 aromatic heterocycles. The van der Waals surface area contributed by atoms with Crippen molar-refractivity contribution in [3.63, 3.8) is 0 Å². The number of nitrogens with zero attached hydrogens (tertiary/aromatic N) is 4. The molecule has 1 aliphatic heterocycles. The van der Waals surface area contributed by atoms with Crippen molar-refractivity contribution in [2.75, 3.05) is 31.3 Å². The molecule has 0 spiro atoms. The van der Waals surface area contributed by atoms with Crippen LogP contribution in [-0.2, 0) is 10.0 Å². The molecule has 0 unspecified atom stereocenters. The SMILES string of the molecule is CN(C1CCN(c2ncccn2)CC1)S(C)(=O)=O. The van der Waals surface area contributed by atoms with E-state index < -0.39 is 10.0 Å². The van der Waals surface area contributed by atoms with Crippen LogP contribution in [0, 0.1) is 0 Å². The van der Waals surface area contributed by atoms with Gasteiger partial charge in [-0.25, -0.2) is 22.7 Å². The van der Waals surface area contributed by atoms with Crippen LogP contribution >= 0.6 is 0 Å². The zero-order valence-corrected chi connectivity index (χ0v) is 11.5.